The Kier molecular flexibility index (Phi) is 5.75. The van der Waals surface area contributed by atoms with Gasteiger partial charge in [0.1, 0.15) is 17.0 Å². The summed E-state index contributed by atoms with van der Waals surface area (Å²) in [5.74, 6) is 0.645. The highest BCUT2D eigenvalue weighted by Crippen LogP contribution is 2.33. The molecule has 0 spiro atoms. The lowest BCUT2D eigenvalue weighted by atomic mass is 10.2. The summed E-state index contributed by atoms with van der Waals surface area (Å²) in [6, 6.07) is 7.43. The first-order valence-corrected chi connectivity index (χ1v) is 10.4. The topological polar surface area (TPSA) is 76.1 Å². The number of hydrogen-bond donors (Lipinski definition) is 2. The number of hydrogen-bond acceptors (Lipinski definition) is 6. The highest BCUT2D eigenvalue weighted by molar-refractivity contribution is 7.20. The van der Waals surface area contributed by atoms with Gasteiger partial charge in [-0.3, -0.25) is 4.79 Å². The molecule has 1 aromatic carbocycles. The molecule has 2 N–H and O–H groups in total. The van der Waals surface area contributed by atoms with Crippen LogP contribution in [0.2, 0.25) is 5.02 Å². The van der Waals surface area contributed by atoms with E-state index in [9.17, 15) is 4.79 Å². The van der Waals surface area contributed by atoms with Crippen molar-refractivity contribution in [1.82, 2.24) is 15.3 Å². The maximum absolute atomic E-state index is 12.7. The fourth-order valence-corrected chi connectivity index (χ4v) is 4.49. The Morgan fingerprint density at radius 3 is 2.89 bits per heavy atom. The van der Waals surface area contributed by atoms with Crippen LogP contribution in [0.5, 0.6) is 0 Å². The summed E-state index contributed by atoms with van der Waals surface area (Å²) >= 11 is 7.29. The quantitative estimate of drug-likeness (QED) is 0.630. The standard InChI is InChI=1S/C20H21ClN4O2S/c1-12-16-18(22-10-15-3-2-8-27-15)24-11-25-20(16)28-17(12)19(26)23-9-13-4-6-14(21)7-5-13/h4-7,11,15H,2-3,8-10H2,1H3,(H,23,26)(H,22,24,25). The van der Waals surface area contributed by atoms with Crippen molar-refractivity contribution in [3.63, 3.8) is 0 Å². The van der Waals surface area contributed by atoms with Crippen LogP contribution in [-0.4, -0.2) is 35.1 Å². The number of halogens is 1. The summed E-state index contributed by atoms with van der Waals surface area (Å²) in [6.07, 6.45) is 3.90. The lowest BCUT2D eigenvalue weighted by Gasteiger charge is -2.12. The third-order valence-electron chi connectivity index (χ3n) is 4.82. The number of rotatable bonds is 6. The number of amides is 1. The molecule has 2 aromatic heterocycles. The zero-order chi connectivity index (χ0) is 19.5. The van der Waals surface area contributed by atoms with Gasteiger partial charge in [-0.25, -0.2) is 9.97 Å². The van der Waals surface area contributed by atoms with Gasteiger partial charge in [0.05, 0.1) is 16.4 Å². The lowest BCUT2D eigenvalue weighted by molar-refractivity contribution is 0.0954. The van der Waals surface area contributed by atoms with Gasteiger partial charge in [0.25, 0.3) is 5.91 Å². The normalized spacial score (nSPS) is 16.4. The van der Waals surface area contributed by atoms with E-state index in [4.69, 9.17) is 16.3 Å². The summed E-state index contributed by atoms with van der Waals surface area (Å²) in [4.78, 5) is 22.9. The molecule has 1 fully saturated rings. The Bertz CT molecular complexity index is 984. The van der Waals surface area contributed by atoms with Crippen LogP contribution in [0.25, 0.3) is 10.2 Å². The SMILES string of the molecule is Cc1c(C(=O)NCc2ccc(Cl)cc2)sc2ncnc(NCC3CCCO3)c12. The number of carbonyl (C=O) groups is 1. The first kappa shape index (κ1) is 19.1. The fraction of sp³-hybridized carbons (Fsp3) is 0.350. The Hall–Kier alpha value is -2.22. The number of fused-ring (bicyclic) bond motifs is 1. The Morgan fingerprint density at radius 2 is 2.14 bits per heavy atom. The predicted molar refractivity (Wildman–Crippen MR) is 112 cm³/mol. The second kappa shape index (κ2) is 8.43. The summed E-state index contributed by atoms with van der Waals surface area (Å²) in [6.45, 7) is 3.91. The van der Waals surface area contributed by atoms with Crippen molar-refractivity contribution in [2.75, 3.05) is 18.5 Å². The number of aromatic nitrogens is 2. The van der Waals surface area contributed by atoms with Crippen LogP contribution < -0.4 is 10.6 Å². The lowest BCUT2D eigenvalue weighted by Crippen LogP contribution is -2.22. The summed E-state index contributed by atoms with van der Waals surface area (Å²) in [5.41, 5.74) is 1.89. The molecule has 3 heterocycles. The molecular formula is C20H21ClN4O2S. The molecule has 1 aliphatic rings. The van der Waals surface area contributed by atoms with E-state index >= 15 is 0 Å². The molecule has 6 nitrogen and oxygen atoms in total. The van der Waals surface area contributed by atoms with Gasteiger partial charge in [0, 0.05) is 24.7 Å². The van der Waals surface area contributed by atoms with Crippen LogP contribution in [0, 0.1) is 6.92 Å². The van der Waals surface area contributed by atoms with E-state index in [0.717, 1.165) is 46.6 Å². The highest BCUT2D eigenvalue weighted by atomic mass is 35.5. The minimum Gasteiger partial charge on any atom is -0.376 e. The van der Waals surface area contributed by atoms with Crippen LogP contribution in [-0.2, 0) is 11.3 Å². The Balaban J connectivity index is 1.50. The molecule has 0 aliphatic carbocycles. The monoisotopic (exact) mass is 416 g/mol. The van der Waals surface area contributed by atoms with Gasteiger partial charge in [0.2, 0.25) is 0 Å². The minimum atomic E-state index is -0.111. The number of nitrogens with zero attached hydrogens (tertiary/aromatic N) is 2. The molecule has 0 radical (unpaired) electrons. The average Bonchev–Trinajstić information content (AvgIpc) is 3.34. The smallest absolute Gasteiger partial charge is 0.261 e. The van der Waals surface area contributed by atoms with Gasteiger partial charge >= 0.3 is 0 Å². The predicted octanol–water partition coefficient (Wildman–Crippen LogP) is 4.17. The second-order valence-electron chi connectivity index (χ2n) is 6.78. The number of aryl methyl sites for hydroxylation is 1. The highest BCUT2D eigenvalue weighted by Gasteiger charge is 2.20. The third-order valence-corrected chi connectivity index (χ3v) is 6.27. The molecule has 0 saturated carbocycles. The number of carbonyl (C=O) groups excluding carboxylic acids is 1. The molecule has 0 bridgehead atoms. The van der Waals surface area contributed by atoms with E-state index < -0.39 is 0 Å². The van der Waals surface area contributed by atoms with Crippen molar-refractivity contribution >= 4 is 44.9 Å². The van der Waals surface area contributed by atoms with E-state index in [1.807, 2.05) is 31.2 Å². The van der Waals surface area contributed by atoms with E-state index in [0.29, 0.717) is 23.0 Å². The second-order valence-corrected chi connectivity index (χ2v) is 8.22. The molecule has 1 atom stereocenters. The number of thiophene rings is 1. The first-order chi connectivity index (χ1) is 13.6. The van der Waals surface area contributed by atoms with E-state index in [2.05, 4.69) is 20.6 Å². The number of nitrogens with one attached hydrogen (secondary N) is 2. The molecule has 1 unspecified atom stereocenters. The Labute approximate surface area is 172 Å². The number of benzene rings is 1. The van der Waals surface area contributed by atoms with Crippen LogP contribution >= 0.6 is 22.9 Å². The van der Waals surface area contributed by atoms with Crippen molar-refractivity contribution < 1.29 is 9.53 Å². The van der Waals surface area contributed by atoms with Gasteiger partial charge < -0.3 is 15.4 Å². The molecule has 1 aliphatic heterocycles. The van der Waals surface area contributed by atoms with Crippen LogP contribution in [0.15, 0.2) is 30.6 Å². The van der Waals surface area contributed by atoms with Crippen molar-refractivity contribution in [2.24, 2.45) is 0 Å². The maximum atomic E-state index is 12.7. The van der Waals surface area contributed by atoms with Gasteiger partial charge in [-0.1, -0.05) is 23.7 Å². The van der Waals surface area contributed by atoms with Crippen molar-refractivity contribution in [3.8, 4) is 0 Å². The van der Waals surface area contributed by atoms with E-state index in [-0.39, 0.29) is 12.0 Å². The Morgan fingerprint density at radius 1 is 1.32 bits per heavy atom. The van der Waals surface area contributed by atoms with Crippen LogP contribution in [0.4, 0.5) is 5.82 Å². The molecule has 8 heteroatoms. The van der Waals surface area contributed by atoms with Gasteiger partial charge in [-0.05, 0) is 43.0 Å². The zero-order valence-electron chi connectivity index (χ0n) is 15.5. The fourth-order valence-electron chi connectivity index (χ4n) is 3.30. The maximum Gasteiger partial charge on any atom is 0.261 e. The van der Waals surface area contributed by atoms with Crippen molar-refractivity contribution in [1.29, 1.82) is 0 Å². The largest absolute Gasteiger partial charge is 0.376 e. The number of ether oxygens (including phenoxy) is 1. The summed E-state index contributed by atoms with van der Waals surface area (Å²) < 4.78 is 5.67. The molecule has 3 aromatic rings. The molecule has 146 valence electrons. The molecule has 1 saturated heterocycles. The molecule has 28 heavy (non-hydrogen) atoms. The third kappa shape index (κ3) is 4.11. The average molecular weight is 417 g/mol. The van der Waals surface area contributed by atoms with Gasteiger partial charge in [-0.2, -0.15) is 0 Å². The zero-order valence-corrected chi connectivity index (χ0v) is 17.1. The molecule has 1 amide bonds. The van der Waals surface area contributed by atoms with E-state index in [1.165, 1.54) is 17.7 Å². The minimum absolute atomic E-state index is 0.111. The summed E-state index contributed by atoms with van der Waals surface area (Å²) in [7, 11) is 0. The van der Waals surface area contributed by atoms with Crippen LogP contribution in [0.3, 0.4) is 0 Å². The van der Waals surface area contributed by atoms with Crippen LogP contribution in [0.1, 0.15) is 33.6 Å². The van der Waals surface area contributed by atoms with E-state index in [1.54, 1.807) is 0 Å². The first-order valence-electron chi connectivity index (χ1n) is 9.24. The van der Waals surface area contributed by atoms with Crippen molar-refractivity contribution in [3.05, 3.63) is 51.6 Å². The number of anilines is 1. The molecular weight excluding hydrogens is 396 g/mol. The van der Waals surface area contributed by atoms with Crippen molar-refractivity contribution in [2.45, 2.75) is 32.4 Å². The van der Waals surface area contributed by atoms with Gasteiger partial charge in [-0.15, -0.1) is 11.3 Å². The molecule has 4 rings (SSSR count). The summed E-state index contributed by atoms with van der Waals surface area (Å²) in [5, 5.41) is 7.93. The van der Waals surface area contributed by atoms with Gasteiger partial charge in [0.15, 0.2) is 0 Å².